The van der Waals surface area contributed by atoms with E-state index in [0.717, 1.165) is 18.4 Å². The fraction of sp³-hybridized carbons (Fsp3) is 0.500. The monoisotopic (exact) mass is 455 g/mol. The standard InChI is InChI=1S/C26H33NO6/c1-16(29)26(2)15-27(25(31)22(30)14-28)13-21(26)19-8-9-23(32-3)24(12-19)33-20-10-17-6-4-5-7-18(17)11-20/h4-9,12,16,20-22,28-30H,10-11,13-15H2,1-3H3/t16-,21+,22-,26+/m1/s1. The molecule has 3 N–H and O–H groups in total. The molecule has 2 aromatic carbocycles. The Bertz CT molecular complexity index is 983. The number of amides is 1. The van der Waals surface area contributed by atoms with Crippen molar-refractivity contribution in [2.24, 2.45) is 5.41 Å². The minimum absolute atomic E-state index is 0.0102. The highest BCUT2D eigenvalue weighted by Crippen LogP contribution is 2.47. The maximum atomic E-state index is 12.6. The summed E-state index contributed by atoms with van der Waals surface area (Å²) in [6.45, 7) is 3.65. The van der Waals surface area contributed by atoms with Gasteiger partial charge < -0.3 is 29.7 Å². The number of hydrogen-bond acceptors (Lipinski definition) is 6. The second kappa shape index (κ2) is 9.33. The first-order valence-electron chi connectivity index (χ1n) is 11.4. The van der Waals surface area contributed by atoms with Gasteiger partial charge >= 0.3 is 0 Å². The molecule has 7 heteroatoms. The number of carbonyl (C=O) groups excluding carboxylic acids is 1. The van der Waals surface area contributed by atoms with Gasteiger partial charge in [-0.05, 0) is 35.7 Å². The first-order chi connectivity index (χ1) is 15.8. The van der Waals surface area contributed by atoms with Gasteiger partial charge in [0.25, 0.3) is 5.91 Å². The number of benzene rings is 2. The van der Waals surface area contributed by atoms with Crippen LogP contribution in [0.5, 0.6) is 11.5 Å². The summed E-state index contributed by atoms with van der Waals surface area (Å²) in [4.78, 5) is 14.1. The highest BCUT2D eigenvalue weighted by molar-refractivity contribution is 5.81. The normalized spacial score (nSPS) is 24.4. The van der Waals surface area contributed by atoms with Crippen molar-refractivity contribution >= 4 is 5.91 Å². The Kier molecular flexibility index (Phi) is 6.66. The fourth-order valence-corrected chi connectivity index (χ4v) is 5.16. The van der Waals surface area contributed by atoms with Gasteiger partial charge in [0.15, 0.2) is 17.6 Å². The summed E-state index contributed by atoms with van der Waals surface area (Å²) in [5.41, 5.74) is 2.90. The molecule has 33 heavy (non-hydrogen) atoms. The molecule has 1 aliphatic carbocycles. The summed E-state index contributed by atoms with van der Waals surface area (Å²) in [6.07, 6.45) is -0.474. The van der Waals surface area contributed by atoms with Crippen LogP contribution in [0.3, 0.4) is 0 Å². The predicted octanol–water partition coefficient (Wildman–Crippen LogP) is 1.91. The SMILES string of the molecule is COc1ccc([C@@H]2CN(C(=O)[C@H](O)CO)C[C@@]2(C)[C@@H](C)O)cc1OC1Cc2ccccc2C1. The first kappa shape index (κ1) is 23.5. The van der Waals surface area contributed by atoms with Crippen LogP contribution in [0.25, 0.3) is 0 Å². The van der Waals surface area contributed by atoms with Crippen LogP contribution in [0.1, 0.15) is 36.5 Å². The van der Waals surface area contributed by atoms with E-state index in [2.05, 4.69) is 12.1 Å². The van der Waals surface area contributed by atoms with Gasteiger partial charge in [0, 0.05) is 37.3 Å². The average molecular weight is 456 g/mol. The van der Waals surface area contributed by atoms with Crippen LogP contribution in [0.2, 0.25) is 0 Å². The third-order valence-electron chi connectivity index (χ3n) is 7.35. The second-order valence-corrected chi connectivity index (χ2v) is 9.48. The molecule has 0 bridgehead atoms. The third kappa shape index (κ3) is 4.45. The Morgan fingerprint density at radius 2 is 1.82 bits per heavy atom. The average Bonchev–Trinajstić information content (AvgIpc) is 3.39. The van der Waals surface area contributed by atoms with Crippen LogP contribution in [-0.4, -0.2) is 71.2 Å². The van der Waals surface area contributed by atoms with Crippen molar-refractivity contribution in [3.63, 3.8) is 0 Å². The summed E-state index contributed by atoms with van der Waals surface area (Å²) in [5, 5.41) is 29.7. The molecule has 1 heterocycles. The maximum Gasteiger partial charge on any atom is 0.253 e. The van der Waals surface area contributed by atoms with Crippen molar-refractivity contribution in [2.75, 3.05) is 26.8 Å². The van der Waals surface area contributed by atoms with Gasteiger partial charge in [-0.1, -0.05) is 37.3 Å². The lowest BCUT2D eigenvalue weighted by Gasteiger charge is -2.34. The fourth-order valence-electron chi connectivity index (χ4n) is 5.16. The third-order valence-corrected chi connectivity index (χ3v) is 7.35. The lowest BCUT2D eigenvalue weighted by atomic mass is 9.72. The molecule has 0 aromatic heterocycles. The van der Waals surface area contributed by atoms with Crippen molar-refractivity contribution in [2.45, 2.75) is 50.9 Å². The van der Waals surface area contributed by atoms with E-state index in [1.165, 1.54) is 16.0 Å². The molecule has 1 amide bonds. The van der Waals surface area contributed by atoms with E-state index in [4.69, 9.17) is 9.47 Å². The van der Waals surface area contributed by atoms with Gasteiger partial charge in [-0.3, -0.25) is 4.79 Å². The zero-order valence-electron chi connectivity index (χ0n) is 19.4. The highest BCUT2D eigenvalue weighted by Gasteiger charge is 2.49. The number of aliphatic hydroxyl groups is 3. The van der Waals surface area contributed by atoms with Crippen LogP contribution in [0.4, 0.5) is 0 Å². The maximum absolute atomic E-state index is 12.6. The molecule has 0 unspecified atom stereocenters. The Morgan fingerprint density at radius 3 is 2.39 bits per heavy atom. The number of carbonyl (C=O) groups is 1. The van der Waals surface area contributed by atoms with Crippen molar-refractivity contribution < 1.29 is 29.6 Å². The number of aliphatic hydroxyl groups excluding tert-OH is 3. The molecule has 0 spiro atoms. The van der Waals surface area contributed by atoms with E-state index in [0.29, 0.717) is 18.0 Å². The van der Waals surface area contributed by atoms with Gasteiger partial charge in [0.1, 0.15) is 6.10 Å². The number of likely N-dealkylation sites (tertiary alicyclic amines) is 1. The largest absolute Gasteiger partial charge is 0.493 e. The van der Waals surface area contributed by atoms with E-state index in [1.54, 1.807) is 14.0 Å². The van der Waals surface area contributed by atoms with Gasteiger partial charge in [-0.15, -0.1) is 0 Å². The number of methoxy groups -OCH3 is 1. The molecule has 0 saturated carbocycles. The smallest absolute Gasteiger partial charge is 0.253 e. The second-order valence-electron chi connectivity index (χ2n) is 9.48. The van der Waals surface area contributed by atoms with E-state index in [1.807, 2.05) is 37.3 Å². The zero-order valence-corrected chi connectivity index (χ0v) is 19.4. The summed E-state index contributed by atoms with van der Waals surface area (Å²) in [6, 6.07) is 14.1. The summed E-state index contributed by atoms with van der Waals surface area (Å²) in [7, 11) is 1.61. The molecule has 1 saturated heterocycles. The lowest BCUT2D eigenvalue weighted by molar-refractivity contribution is -0.141. The summed E-state index contributed by atoms with van der Waals surface area (Å²) in [5.74, 6) is 0.568. The van der Waals surface area contributed by atoms with Crippen LogP contribution >= 0.6 is 0 Å². The van der Waals surface area contributed by atoms with Crippen LogP contribution in [0, 0.1) is 5.41 Å². The molecule has 1 fully saturated rings. The zero-order chi connectivity index (χ0) is 23.8. The summed E-state index contributed by atoms with van der Waals surface area (Å²) < 4.78 is 12.0. The van der Waals surface area contributed by atoms with E-state index < -0.39 is 30.1 Å². The van der Waals surface area contributed by atoms with Gasteiger partial charge in [-0.25, -0.2) is 0 Å². The Labute approximate surface area is 194 Å². The minimum atomic E-state index is -1.46. The van der Waals surface area contributed by atoms with Crippen molar-refractivity contribution in [3.8, 4) is 11.5 Å². The van der Waals surface area contributed by atoms with Crippen LogP contribution < -0.4 is 9.47 Å². The van der Waals surface area contributed by atoms with Crippen molar-refractivity contribution in [1.29, 1.82) is 0 Å². The predicted molar refractivity (Wildman–Crippen MR) is 123 cm³/mol. The quantitative estimate of drug-likeness (QED) is 0.590. The molecule has 4 atom stereocenters. The highest BCUT2D eigenvalue weighted by atomic mass is 16.5. The molecular weight excluding hydrogens is 422 g/mol. The number of fused-ring (bicyclic) bond motifs is 1. The number of rotatable bonds is 7. The number of ether oxygens (including phenoxy) is 2. The molecule has 178 valence electrons. The molecule has 0 radical (unpaired) electrons. The van der Waals surface area contributed by atoms with Crippen LogP contribution in [-0.2, 0) is 17.6 Å². The minimum Gasteiger partial charge on any atom is -0.493 e. The Balaban J connectivity index is 1.61. The number of nitrogens with zero attached hydrogens (tertiary/aromatic N) is 1. The molecule has 2 aliphatic rings. The van der Waals surface area contributed by atoms with E-state index >= 15 is 0 Å². The van der Waals surface area contributed by atoms with Crippen molar-refractivity contribution in [1.82, 2.24) is 4.90 Å². The molecular formula is C26H33NO6. The van der Waals surface area contributed by atoms with Gasteiger partial charge in [0.05, 0.1) is 19.8 Å². The van der Waals surface area contributed by atoms with E-state index in [-0.39, 0.29) is 18.6 Å². The van der Waals surface area contributed by atoms with Gasteiger partial charge in [0.2, 0.25) is 0 Å². The Morgan fingerprint density at radius 1 is 1.15 bits per heavy atom. The Hall–Kier alpha value is -2.61. The molecule has 4 rings (SSSR count). The molecule has 2 aromatic rings. The van der Waals surface area contributed by atoms with E-state index in [9.17, 15) is 20.1 Å². The number of hydrogen-bond donors (Lipinski definition) is 3. The lowest BCUT2D eigenvalue weighted by Crippen LogP contribution is -2.42. The molecule has 1 aliphatic heterocycles. The van der Waals surface area contributed by atoms with Crippen LogP contribution in [0.15, 0.2) is 42.5 Å². The first-order valence-corrected chi connectivity index (χ1v) is 11.4. The van der Waals surface area contributed by atoms with Crippen molar-refractivity contribution in [3.05, 3.63) is 59.2 Å². The summed E-state index contributed by atoms with van der Waals surface area (Å²) >= 11 is 0. The topological polar surface area (TPSA) is 99.5 Å². The molecule has 7 nitrogen and oxygen atoms in total. The van der Waals surface area contributed by atoms with Gasteiger partial charge in [-0.2, -0.15) is 0 Å².